The van der Waals surface area contributed by atoms with Gasteiger partial charge in [-0.05, 0) is 57.0 Å². The van der Waals surface area contributed by atoms with Gasteiger partial charge in [0.2, 0.25) is 10.0 Å². The van der Waals surface area contributed by atoms with Gasteiger partial charge in [0.05, 0.1) is 11.1 Å². The molecule has 3 rings (SSSR count). The number of benzene rings is 2. The maximum Gasteiger partial charge on any atom is 0.271 e. The van der Waals surface area contributed by atoms with E-state index >= 15 is 0 Å². The van der Waals surface area contributed by atoms with Crippen LogP contribution >= 0.6 is 0 Å². The van der Waals surface area contributed by atoms with Gasteiger partial charge in [-0.15, -0.1) is 0 Å². The Kier molecular flexibility index (Phi) is 7.87. The highest BCUT2D eigenvalue weighted by Crippen LogP contribution is 2.24. The Morgan fingerprint density at radius 2 is 1.84 bits per heavy atom. The minimum Gasteiger partial charge on any atom is -0.507 e. The molecule has 2 N–H and O–H groups in total. The summed E-state index contributed by atoms with van der Waals surface area (Å²) < 4.78 is 27.2. The fourth-order valence-corrected chi connectivity index (χ4v) is 5.27. The second-order valence-electron chi connectivity index (χ2n) is 7.61. The number of hydrazone groups is 1. The van der Waals surface area contributed by atoms with Crippen molar-refractivity contribution in [2.45, 2.75) is 38.0 Å². The van der Waals surface area contributed by atoms with Crippen molar-refractivity contribution >= 4 is 27.8 Å². The van der Waals surface area contributed by atoms with Crippen molar-refractivity contribution in [1.82, 2.24) is 9.73 Å². The largest absolute Gasteiger partial charge is 0.507 e. The fourth-order valence-electron chi connectivity index (χ4n) is 3.70. The van der Waals surface area contributed by atoms with Crippen LogP contribution in [0.25, 0.3) is 0 Å². The van der Waals surface area contributed by atoms with Gasteiger partial charge in [-0.1, -0.05) is 12.5 Å². The number of hydrogen-bond acceptors (Lipinski definition) is 6. The molecule has 0 aromatic heterocycles. The minimum atomic E-state index is -3.62. The Bertz CT molecular complexity index is 1080. The number of aromatic hydroxyl groups is 1. The zero-order valence-corrected chi connectivity index (χ0v) is 19.3. The number of phenols is 1. The molecule has 0 atom stereocenters. The molecule has 8 nitrogen and oxygen atoms in total. The molecule has 0 spiro atoms. The minimum absolute atomic E-state index is 0.0574. The zero-order chi connectivity index (χ0) is 23.1. The Morgan fingerprint density at radius 3 is 2.50 bits per heavy atom. The number of anilines is 1. The second-order valence-corrected chi connectivity index (χ2v) is 9.55. The van der Waals surface area contributed by atoms with Crippen molar-refractivity contribution in [3.8, 4) is 5.75 Å². The molecule has 1 aliphatic rings. The van der Waals surface area contributed by atoms with Crippen LogP contribution in [0.4, 0.5) is 5.69 Å². The van der Waals surface area contributed by atoms with Crippen molar-refractivity contribution in [2.24, 2.45) is 5.10 Å². The van der Waals surface area contributed by atoms with Crippen LogP contribution in [0.1, 0.15) is 49.0 Å². The van der Waals surface area contributed by atoms with E-state index in [0.717, 1.165) is 38.0 Å². The molecule has 1 fully saturated rings. The molecule has 9 heteroatoms. The summed E-state index contributed by atoms with van der Waals surface area (Å²) in [5.74, 6) is -0.474. The first-order valence-electron chi connectivity index (χ1n) is 10.9. The zero-order valence-electron chi connectivity index (χ0n) is 18.5. The van der Waals surface area contributed by atoms with E-state index in [9.17, 15) is 18.3 Å². The van der Waals surface area contributed by atoms with E-state index in [1.54, 1.807) is 18.2 Å². The number of phenolic OH excluding ortho intramolecular Hbond substituents is 1. The van der Waals surface area contributed by atoms with Gasteiger partial charge in [0, 0.05) is 49.1 Å². The number of sulfonamides is 1. The van der Waals surface area contributed by atoms with Crippen LogP contribution in [-0.2, 0) is 10.0 Å². The molecule has 1 amide bonds. The number of carbonyl (C=O) groups excluding carboxylic acids is 1. The molecule has 0 saturated carbocycles. The van der Waals surface area contributed by atoms with Crippen LogP contribution in [0.5, 0.6) is 5.75 Å². The number of carbonyl (C=O) groups is 1. The molecule has 1 aliphatic heterocycles. The van der Waals surface area contributed by atoms with Gasteiger partial charge in [-0.25, -0.2) is 13.8 Å². The highest BCUT2D eigenvalue weighted by atomic mass is 32.2. The van der Waals surface area contributed by atoms with Gasteiger partial charge in [0.1, 0.15) is 5.75 Å². The Balaban J connectivity index is 1.69. The van der Waals surface area contributed by atoms with Crippen molar-refractivity contribution in [1.29, 1.82) is 0 Å². The summed E-state index contributed by atoms with van der Waals surface area (Å²) in [5, 5.41) is 14.2. The first-order chi connectivity index (χ1) is 15.4. The lowest BCUT2D eigenvalue weighted by atomic mass is 10.2. The quantitative estimate of drug-likeness (QED) is 0.467. The standard InChI is InChI=1S/C23H30N4O4S/c1-3-26(4-2)20-12-11-19(22(28)16-20)17-24-25-23(29)18-9-8-10-21(15-18)32(30,31)27-13-6-5-7-14-27/h8-12,15-17,28H,3-7,13-14H2,1-2H3,(H,25,29)/b24-17+. The van der Waals surface area contributed by atoms with Crippen molar-refractivity contribution in [3.05, 3.63) is 53.6 Å². The second kappa shape index (κ2) is 10.6. The predicted octanol–water partition coefficient (Wildman–Crippen LogP) is 3.18. The number of nitrogens with zero attached hydrogens (tertiary/aromatic N) is 3. The summed E-state index contributed by atoms with van der Waals surface area (Å²) in [4.78, 5) is 14.7. The van der Waals surface area contributed by atoms with E-state index in [1.165, 1.54) is 28.7 Å². The van der Waals surface area contributed by atoms with Crippen molar-refractivity contribution in [2.75, 3.05) is 31.1 Å². The van der Waals surface area contributed by atoms with Crippen LogP contribution in [0.15, 0.2) is 52.5 Å². The van der Waals surface area contributed by atoms with E-state index in [-0.39, 0.29) is 16.2 Å². The van der Waals surface area contributed by atoms with Gasteiger partial charge in [-0.2, -0.15) is 9.41 Å². The molecular formula is C23H30N4O4S. The van der Waals surface area contributed by atoms with E-state index in [0.29, 0.717) is 18.7 Å². The third-order valence-corrected chi connectivity index (χ3v) is 7.46. The molecule has 0 bridgehead atoms. The van der Waals surface area contributed by atoms with Crippen LogP contribution in [0.2, 0.25) is 0 Å². The predicted molar refractivity (Wildman–Crippen MR) is 126 cm³/mol. The average molecular weight is 459 g/mol. The molecule has 0 aliphatic carbocycles. The van der Waals surface area contributed by atoms with E-state index in [1.807, 2.05) is 19.9 Å². The molecule has 2 aromatic rings. The summed E-state index contributed by atoms with van der Waals surface area (Å²) >= 11 is 0. The molecule has 0 unspecified atom stereocenters. The summed E-state index contributed by atoms with van der Waals surface area (Å²) in [7, 11) is -3.62. The summed E-state index contributed by atoms with van der Waals surface area (Å²) in [6, 6.07) is 11.2. The van der Waals surface area contributed by atoms with E-state index < -0.39 is 15.9 Å². The molecular weight excluding hydrogens is 428 g/mol. The normalized spacial score (nSPS) is 15.1. The van der Waals surface area contributed by atoms with Crippen LogP contribution in [0, 0.1) is 0 Å². The summed E-state index contributed by atoms with van der Waals surface area (Å²) in [5.41, 5.74) is 3.95. The highest BCUT2D eigenvalue weighted by Gasteiger charge is 2.26. The lowest BCUT2D eigenvalue weighted by Crippen LogP contribution is -2.35. The smallest absolute Gasteiger partial charge is 0.271 e. The van der Waals surface area contributed by atoms with Crippen LogP contribution in [-0.4, -0.2) is 56.1 Å². The van der Waals surface area contributed by atoms with Crippen molar-refractivity contribution < 1.29 is 18.3 Å². The lowest BCUT2D eigenvalue weighted by Gasteiger charge is -2.25. The van der Waals surface area contributed by atoms with Gasteiger partial charge in [-0.3, -0.25) is 4.79 Å². The molecule has 32 heavy (non-hydrogen) atoms. The first-order valence-corrected chi connectivity index (χ1v) is 12.3. The van der Waals surface area contributed by atoms with Gasteiger partial charge in [0.15, 0.2) is 0 Å². The fraction of sp³-hybridized carbons (Fsp3) is 0.391. The molecule has 2 aromatic carbocycles. The number of rotatable bonds is 8. The third kappa shape index (κ3) is 5.46. The van der Waals surface area contributed by atoms with Gasteiger partial charge in [0.25, 0.3) is 5.91 Å². The Hall–Kier alpha value is -2.91. The Morgan fingerprint density at radius 1 is 1.12 bits per heavy atom. The topological polar surface area (TPSA) is 102 Å². The SMILES string of the molecule is CCN(CC)c1ccc(/C=N/NC(=O)c2cccc(S(=O)(=O)N3CCCCC3)c2)c(O)c1. The molecule has 1 heterocycles. The van der Waals surface area contributed by atoms with Crippen molar-refractivity contribution in [3.63, 3.8) is 0 Å². The first kappa shape index (κ1) is 23.7. The van der Waals surface area contributed by atoms with Gasteiger partial charge >= 0.3 is 0 Å². The highest BCUT2D eigenvalue weighted by molar-refractivity contribution is 7.89. The summed E-state index contributed by atoms with van der Waals surface area (Å²) in [6.45, 7) is 6.73. The Labute approximate surface area is 189 Å². The third-order valence-electron chi connectivity index (χ3n) is 5.56. The maximum absolute atomic E-state index is 12.9. The number of nitrogens with one attached hydrogen (secondary N) is 1. The number of amides is 1. The van der Waals surface area contributed by atoms with Crippen LogP contribution in [0.3, 0.4) is 0 Å². The molecule has 172 valence electrons. The number of hydrogen-bond donors (Lipinski definition) is 2. The molecule has 0 radical (unpaired) electrons. The summed E-state index contributed by atoms with van der Waals surface area (Å²) in [6.07, 6.45) is 4.07. The monoisotopic (exact) mass is 458 g/mol. The average Bonchev–Trinajstić information content (AvgIpc) is 2.81. The number of piperidine rings is 1. The van der Waals surface area contributed by atoms with E-state index in [4.69, 9.17) is 0 Å². The van der Waals surface area contributed by atoms with E-state index in [2.05, 4.69) is 15.4 Å². The van der Waals surface area contributed by atoms with Crippen LogP contribution < -0.4 is 10.3 Å². The maximum atomic E-state index is 12.9. The lowest BCUT2D eigenvalue weighted by molar-refractivity contribution is 0.0955. The van der Waals surface area contributed by atoms with Gasteiger partial charge < -0.3 is 10.0 Å². The molecule has 1 saturated heterocycles.